The normalized spacial score (nSPS) is 20.7. The summed E-state index contributed by atoms with van der Waals surface area (Å²) in [4.78, 5) is 52.2. The Hall–Kier alpha value is -6.03. The number of phenols is 1. The molecule has 3 aromatic heterocycles. The summed E-state index contributed by atoms with van der Waals surface area (Å²) < 4.78 is 1.81. The Bertz CT molecular complexity index is 2570. The number of fused-ring (bicyclic) bond motifs is 6. The maximum atomic E-state index is 14.7. The lowest BCUT2D eigenvalue weighted by molar-refractivity contribution is -0.249. The van der Waals surface area contributed by atoms with Gasteiger partial charge in [-0.3, -0.25) is 19.7 Å². The van der Waals surface area contributed by atoms with E-state index in [2.05, 4.69) is 42.3 Å². The fourth-order valence-electron chi connectivity index (χ4n) is 9.81. The first kappa shape index (κ1) is 39.4. The highest BCUT2D eigenvalue weighted by atomic mass is 16.5. The van der Waals surface area contributed by atoms with Crippen LogP contribution in [0.1, 0.15) is 80.4 Å². The molecule has 0 saturated carbocycles. The smallest absolute Gasteiger partial charge is 0.243 e. The maximum Gasteiger partial charge on any atom is 0.243 e. The lowest BCUT2D eigenvalue weighted by atomic mass is 9.79. The molecule has 3 aliphatic heterocycles. The van der Waals surface area contributed by atoms with Crippen LogP contribution < -0.4 is 16.0 Å². The van der Waals surface area contributed by atoms with Gasteiger partial charge in [-0.05, 0) is 87.9 Å². The first-order chi connectivity index (χ1) is 28.7. The van der Waals surface area contributed by atoms with Gasteiger partial charge in [0, 0.05) is 63.7 Å². The van der Waals surface area contributed by atoms with Gasteiger partial charge < -0.3 is 35.8 Å². The summed E-state index contributed by atoms with van der Waals surface area (Å²) in [6, 6.07) is 20.1. The molecular weight excluding hydrogens is 761 g/mol. The molecule has 1 fully saturated rings. The van der Waals surface area contributed by atoms with Crippen LogP contribution in [-0.2, 0) is 53.3 Å². The maximum absolute atomic E-state index is 14.7. The number of aromatic amines is 2. The van der Waals surface area contributed by atoms with E-state index in [0.717, 1.165) is 49.9 Å². The number of carbonyl (C=O) groups is 3. The zero-order chi connectivity index (χ0) is 41.9. The Labute approximate surface area is 347 Å². The number of aromatic hydroxyl groups is 1. The van der Waals surface area contributed by atoms with Crippen molar-refractivity contribution in [2.24, 2.45) is 0 Å². The first-order valence-corrected chi connectivity index (χ1v) is 20.7. The second-order valence-corrected chi connectivity index (χ2v) is 17.9. The highest BCUT2D eigenvalue weighted by molar-refractivity contribution is 5.96. The summed E-state index contributed by atoms with van der Waals surface area (Å²) in [7, 11) is 0. The average molecular weight is 813 g/mol. The zero-order valence-electron chi connectivity index (χ0n) is 34.3. The van der Waals surface area contributed by atoms with Crippen molar-refractivity contribution in [3.63, 3.8) is 0 Å². The van der Waals surface area contributed by atoms with Crippen LogP contribution in [0.15, 0.2) is 79.0 Å². The van der Waals surface area contributed by atoms with Crippen LogP contribution in [0.5, 0.6) is 5.75 Å². The summed E-state index contributed by atoms with van der Waals surface area (Å²) >= 11 is 0. The largest absolute Gasteiger partial charge is 0.508 e. The van der Waals surface area contributed by atoms with Gasteiger partial charge in [-0.25, -0.2) is 4.68 Å². The van der Waals surface area contributed by atoms with E-state index in [1.165, 1.54) is 5.06 Å². The van der Waals surface area contributed by atoms with Gasteiger partial charge in [-0.2, -0.15) is 5.06 Å². The van der Waals surface area contributed by atoms with Crippen LogP contribution in [0.2, 0.25) is 0 Å². The predicted octanol–water partition coefficient (Wildman–Crippen LogP) is 4.54. The number of rotatable bonds is 9. The molecule has 0 aliphatic carbocycles. The number of hydroxylamine groups is 2. The molecule has 3 aromatic carbocycles. The van der Waals surface area contributed by atoms with Crippen molar-refractivity contribution in [2.75, 3.05) is 0 Å². The van der Waals surface area contributed by atoms with Crippen molar-refractivity contribution >= 4 is 39.5 Å². The summed E-state index contributed by atoms with van der Waals surface area (Å²) in [5, 5.41) is 42.5. The Morgan fingerprint density at radius 3 is 2.18 bits per heavy atom. The van der Waals surface area contributed by atoms with Crippen LogP contribution in [0.25, 0.3) is 21.8 Å². The van der Waals surface area contributed by atoms with Gasteiger partial charge in [-0.1, -0.05) is 53.7 Å². The number of phenolic OH excluding ortho intramolecular Hbond substituents is 1. The molecule has 0 spiro atoms. The number of amides is 3. The van der Waals surface area contributed by atoms with Gasteiger partial charge in [0.05, 0.1) is 31.4 Å². The quantitative estimate of drug-likeness (QED) is 0.110. The molecule has 7 N–H and O–H groups in total. The molecule has 0 bridgehead atoms. The molecule has 15 nitrogen and oxygen atoms in total. The minimum absolute atomic E-state index is 0.0103. The van der Waals surface area contributed by atoms with Crippen LogP contribution in [0.4, 0.5) is 0 Å². The highest BCUT2D eigenvalue weighted by Crippen LogP contribution is 2.42. The van der Waals surface area contributed by atoms with E-state index in [9.17, 15) is 24.7 Å². The number of nitrogens with one attached hydrogen (secondary N) is 5. The Morgan fingerprint density at radius 1 is 0.867 bits per heavy atom. The molecule has 0 unspecified atom stereocenters. The molecule has 15 heteroatoms. The molecule has 312 valence electrons. The summed E-state index contributed by atoms with van der Waals surface area (Å²) in [6.07, 6.45) is 4.01. The number of H-pyrrole nitrogens is 2. The van der Waals surface area contributed by atoms with Crippen molar-refractivity contribution in [2.45, 2.75) is 115 Å². The monoisotopic (exact) mass is 812 g/mol. The number of hydrogen-bond acceptors (Lipinski definition) is 9. The second-order valence-electron chi connectivity index (χ2n) is 17.9. The number of benzene rings is 3. The van der Waals surface area contributed by atoms with Crippen molar-refractivity contribution < 1.29 is 24.7 Å². The SMILES string of the molecule is CC1(C)CC(n2cc(CNC(=O)[C@@H](Cc3ccc(O)cc3)NC(=O)[C@@H]3Cc4c([nH]c5ccccc45)CN3C(=O)[C@@H]3Cc4c([nH]c5ccccc45)CN3)nn2)CC(C)(C)N1O. The van der Waals surface area contributed by atoms with Gasteiger partial charge in [0.25, 0.3) is 0 Å². The van der Waals surface area contributed by atoms with Gasteiger partial charge in [0.2, 0.25) is 17.7 Å². The summed E-state index contributed by atoms with van der Waals surface area (Å²) in [5.41, 5.74) is 6.30. The van der Waals surface area contributed by atoms with Crippen LogP contribution >= 0.6 is 0 Å². The molecule has 60 heavy (non-hydrogen) atoms. The van der Waals surface area contributed by atoms with Crippen LogP contribution in [0.3, 0.4) is 0 Å². The molecule has 6 aromatic rings. The van der Waals surface area contributed by atoms with Crippen molar-refractivity contribution in [3.8, 4) is 5.75 Å². The van der Waals surface area contributed by atoms with E-state index in [0.29, 0.717) is 31.5 Å². The lowest BCUT2D eigenvalue weighted by Crippen LogP contribution is -2.60. The molecule has 3 atom stereocenters. The van der Waals surface area contributed by atoms with Gasteiger partial charge in [0.15, 0.2) is 0 Å². The van der Waals surface area contributed by atoms with E-state index in [4.69, 9.17) is 0 Å². The highest BCUT2D eigenvalue weighted by Gasteiger charge is 2.46. The third kappa shape index (κ3) is 7.41. The topological polar surface area (TPSA) is 197 Å². The first-order valence-electron chi connectivity index (χ1n) is 20.7. The average Bonchev–Trinajstić information content (AvgIpc) is 3.96. The number of carbonyl (C=O) groups excluding carboxylic acids is 3. The molecule has 1 saturated heterocycles. The second kappa shape index (κ2) is 15.2. The Balaban J connectivity index is 0.963. The van der Waals surface area contributed by atoms with E-state index in [1.807, 2.05) is 81.0 Å². The Kier molecular flexibility index (Phi) is 10.00. The van der Waals surface area contributed by atoms with Crippen molar-refractivity contribution in [1.82, 2.24) is 50.9 Å². The van der Waals surface area contributed by atoms with Gasteiger partial charge in [0.1, 0.15) is 23.5 Å². The minimum atomic E-state index is -1.02. The summed E-state index contributed by atoms with van der Waals surface area (Å²) in [6.45, 7) is 8.75. The van der Waals surface area contributed by atoms with E-state index in [1.54, 1.807) is 29.2 Å². The molecule has 6 heterocycles. The van der Waals surface area contributed by atoms with Crippen LogP contribution in [-0.4, -0.2) is 92.2 Å². The number of piperidine rings is 1. The fourth-order valence-corrected chi connectivity index (χ4v) is 9.81. The molecule has 9 rings (SSSR count). The molecule has 3 aliphatic rings. The number of para-hydroxylation sites is 2. The number of aromatic nitrogens is 5. The number of nitrogens with zero attached hydrogens (tertiary/aromatic N) is 5. The summed E-state index contributed by atoms with van der Waals surface area (Å²) in [5.74, 6) is -0.961. The van der Waals surface area contributed by atoms with E-state index >= 15 is 0 Å². The third-order valence-corrected chi connectivity index (χ3v) is 12.7. The fraction of sp³-hybridized carbons (Fsp3) is 0.400. The third-order valence-electron chi connectivity index (χ3n) is 12.7. The molecular formula is C45H52N10O5. The minimum Gasteiger partial charge on any atom is -0.508 e. The van der Waals surface area contributed by atoms with Crippen molar-refractivity contribution in [3.05, 3.63) is 113 Å². The molecule has 0 radical (unpaired) electrons. The lowest BCUT2D eigenvalue weighted by Gasteiger charge is -2.51. The predicted molar refractivity (Wildman–Crippen MR) is 225 cm³/mol. The van der Waals surface area contributed by atoms with E-state index in [-0.39, 0.29) is 43.6 Å². The number of hydrogen-bond donors (Lipinski definition) is 7. The Morgan fingerprint density at radius 2 is 1.50 bits per heavy atom. The molecule has 3 amide bonds. The van der Waals surface area contributed by atoms with Gasteiger partial charge in [-0.15, -0.1) is 5.10 Å². The van der Waals surface area contributed by atoms with Crippen molar-refractivity contribution in [1.29, 1.82) is 0 Å². The standard InChI is InChI=1S/C45H52N10O5/c1-44(2)20-28(21-45(3,4)55(44)60)54-24-27(51-52-54)22-47-41(57)36(17-26-13-15-29(56)16-14-26)50-42(58)40-19-33-31-10-6-8-12-35(31)49-39(33)25-53(40)43(59)37-18-32-30-9-5-7-11-34(30)48-38(32)23-46-37/h5-16,24,28,36-37,40,46,48-49,56,60H,17-23,25H2,1-4H3,(H,47,57)(H,50,58)/t36-,37+,40+/m1/s1. The van der Waals surface area contributed by atoms with Gasteiger partial charge >= 0.3 is 0 Å². The van der Waals surface area contributed by atoms with E-state index < -0.39 is 41.0 Å². The zero-order valence-corrected chi connectivity index (χ0v) is 34.3. The van der Waals surface area contributed by atoms with Crippen LogP contribution in [0, 0.1) is 0 Å².